The van der Waals surface area contributed by atoms with E-state index in [1.54, 1.807) is 0 Å². The Balaban J connectivity index is 1.79. The molecule has 0 saturated carbocycles. The molecular weight excluding hydrogens is 354 g/mol. The van der Waals surface area contributed by atoms with E-state index in [2.05, 4.69) is 39.9 Å². The molecule has 5 nitrogen and oxygen atoms in total. The number of hydrogen-bond donors (Lipinski definition) is 1. The second-order valence-electron chi connectivity index (χ2n) is 8.01. The van der Waals surface area contributed by atoms with Gasteiger partial charge in [-0.15, -0.1) is 0 Å². The molecule has 150 valence electrons. The van der Waals surface area contributed by atoms with Gasteiger partial charge in [0.2, 0.25) is 0 Å². The van der Waals surface area contributed by atoms with Crippen LogP contribution in [0, 0.1) is 0 Å². The van der Waals surface area contributed by atoms with Gasteiger partial charge in [-0.1, -0.05) is 65.0 Å². The number of anilines is 1. The molecule has 0 radical (unpaired) electrons. The number of esters is 1. The third-order valence-electron chi connectivity index (χ3n) is 4.30. The van der Waals surface area contributed by atoms with Gasteiger partial charge < -0.3 is 14.8 Å². The van der Waals surface area contributed by atoms with Crippen molar-refractivity contribution in [2.75, 3.05) is 18.5 Å². The van der Waals surface area contributed by atoms with Crippen molar-refractivity contribution < 1.29 is 19.1 Å². The van der Waals surface area contributed by atoms with Gasteiger partial charge in [-0.05, 0) is 40.7 Å². The molecule has 0 spiro atoms. The molecule has 0 aliphatic carbocycles. The van der Waals surface area contributed by atoms with Crippen LogP contribution in [0.2, 0.25) is 0 Å². The molecule has 5 heteroatoms. The summed E-state index contributed by atoms with van der Waals surface area (Å²) in [6.07, 6.45) is 0. The van der Waals surface area contributed by atoms with Crippen LogP contribution >= 0.6 is 0 Å². The average molecular weight is 383 g/mol. The Bertz CT molecular complexity index is 804. The van der Waals surface area contributed by atoms with Gasteiger partial charge in [0.05, 0.1) is 0 Å². The zero-order valence-corrected chi connectivity index (χ0v) is 17.2. The molecule has 1 amide bonds. The molecule has 0 bridgehead atoms. The molecule has 0 fully saturated rings. The SMILES string of the molecule is CC(C)c1ccccc1NC(=O)COC(=O)COc1ccc(C(C)(C)C)cc1. The van der Waals surface area contributed by atoms with Crippen LogP contribution in [0.4, 0.5) is 5.69 Å². The second kappa shape index (κ2) is 9.40. The van der Waals surface area contributed by atoms with E-state index in [1.807, 2.05) is 48.5 Å². The molecule has 28 heavy (non-hydrogen) atoms. The third-order valence-corrected chi connectivity index (χ3v) is 4.30. The Hall–Kier alpha value is -2.82. The highest BCUT2D eigenvalue weighted by Crippen LogP contribution is 2.24. The van der Waals surface area contributed by atoms with Crippen LogP contribution in [0.5, 0.6) is 5.75 Å². The number of benzene rings is 2. The molecule has 1 N–H and O–H groups in total. The van der Waals surface area contributed by atoms with Crippen LogP contribution in [0.1, 0.15) is 51.7 Å². The van der Waals surface area contributed by atoms with E-state index in [9.17, 15) is 9.59 Å². The van der Waals surface area contributed by atoms with Crippen LogP contribution in [-0.2, 0) is 19.7 Å². The number of ether oxygens (including phenoxy) is 2. The molecule has 0 aliphatic heterocycles. The van der Waals surface area contributed by atoms with Crippen molar-refractivity contribution in [3.63, 3.8) is 0 Å². The van der Waals surface area contributed by atoms with Crippen LogP contribution < -0.4 is 10.1 Å². The summed E-state index contributed by atoms with van der Waals surface area (Å²) < 4.78 is 10.4. The molecule has 0 unspecified atom stereocenters. The number of carbonyl (C=O) groups is 2. The van der Waals surface area contributed by atoms with E-state index >= 15 is 0 Å². The smallest absolute Gasteiger partial charge is 0.344 e. The monoisotopic (exact) mass is 383 g/mol. The fourth-order valence-electron chi connectivity index (χ4n) is 2.68. The fraction of sp³-hybridized carbons (Fsp3) is 0.391. The quantitative estimate of drug-likeness (QED) is 0.706. The van der Waals surface area contributed by atoms with E-state index < -0.39 is 5.97 Å². The van der Waals surface area contributed by atoms with Crippen molar-refractivity contribution in [2.45, 2.75) is 46.0 Å². The highest BCUT2D eigenvalue weighted by atomic mass is 16.6. The first-order chi connectivity index (χ1) is 13.2. The van der Waals surface area contributed by atoms with Gasteiger partial charge in [0.1, 0.15) is 5.75 Å². The second-order valence-corrected chi connectivity index (χ2v) is 8.01. The van der Waals surface area contributed by atoms with Crippen molar-refractivity contribution >= 4 is 17.6 Å². The summed E-state index contributed by atoms with van der Waals surface area (Å²) in [5, 5.41) is 2.78. The van der Waals surface area contributed by atoms with Crippen LogP contribution in [-0.4, -0.2) is 25.1 Å². The Morgan fingerprint density at radius 3 is 2.21 bits per heavy atom. The zero-order valence-electron chi connectivity index (χ0n) is 17.2. The predicted octanol–water partition coefficient (Wildman–Crippen LogP) is 4.67. The van der Waals surface area contributed by atoms with Gasteiger partial charge in [-0.25, -0.2) is 4.79 Å². The summed E-state index contributed by atoms with van der Waals surface area (Å²) in [5.41, 5.74) is 3.00. The predicted molar refractivity (Wildman–Crippen MR) is 111 cm³/mol. The topological polar surface area (TPSA) is 64.6 Å². The van der Waals surface area contributed by atoms with Gasteiger partial charge in [0.15, 0.2) is 13.2 Å². The first kappa shape index (κ1) is 21.5. The minimum Gasteiger partial charge on any atom is -0.482 e. The summed E-state index contributed by atoms with van der Waals surface area (Å²) in [6.45, 7) is 9.90. The maximum absolute atomic E-state index is 12.1. The Kier molecular flexibility index (Phi) is 7.21. The highest BCUT2D eigenvalue weighted by Gasteiger charge is 2.14. The molecule has 2 aromatic carbocycles. The lowest BCUT2D eigenvalue weighted by Crippen LogP contribution is -2.24. The molecule has 0 atom stereocenters. The van der Waals surface area contributed by atoms with Crippen LogP contribution in [0.15, 0.2) is 48.5 Å². The Labute approximate surface area is 167 Å². The van der Waals surface area contributed by atoms with Gasteiger partial charge in [-0.3, -0.25) is 4.79 Å². The summed E-state index contributed by atoms with van der Waals surface area (Å²) in [5.74, 6) is -0.111. The van der Waals surface area contributed by atoms with E-state index in [0.717, 1.165) is 11.3 Å². The molecule has 0 saturated heterocycles. The fourth-order valence-corrected chi connectivity index (χ4v) is 2.68. The zero-order chi connectivity index (χ0) is 20.7. The maximum atomic E-state index is 12.1. The Morgan fingerprint density at radius 2 is 1.61 bits per heavy atom. The van der Waals surface area contributed by atoms with Crippen molar-refractivity contribution in [1.29, 1.82) is 0 Å². The van der Waals surface area contributed by atoms with Gasteiger partial charge in [-0.2, -0.15) is 0 Å². The molecular formula is C23H29NO4. The number of hydrogen-bond acceptors (Lipinski definition) is 4. The van der Waals surface area contributed by atoms with Crippen molar-refractivity contribution in [2.24, 2.45) is 0 Å². The first-order valence-corrected chi connectivity index (χ1v) is 9.44. The van der Waals surface area contributed by atoms with Crippen LogP contribution in [0.3, 0.4) is 0 Å². The lowest BCUT2D eigenvalue weighted by molar-refractivity contribution is -0.149. The minimum absolute atomic E-state index is 0.0546. The van der Waals surface area contributed by atoms with Gasteiger partial charge in [0.25, 0.3) is 5.91 Å². The number of rotatable bonds is 7. The Morgan fingerprint density at radius 1 is 0.964 bits per heavy atom. The number of nitrogens with one attached hydrogen (secondary N) is 1. The molecule has 0 aliphatic rings. The highest BCUT2D eigenvalue weighted by molar-refractivity contribution is 5.93. The molecule has 2 rings (SSSR count). The molecule has 0 heterocycles. The van der Waals surface area contributed by atoms with Crippen molar-refractivity contribution in [1.82, 2.24) is 0 Å². The summed E-state index contributed by atoms with van der Waals surface area (Å²) in [4.78, 5) is 23.9. The first-order valence-electron chi connectivity index (χ1n) is 9.44. The van der Waals surface area contributed by atoms with E-state index in [4.69, 9.17) is 9.47 Å². The minimum atomic E-state index is -0.591. The largest absolute Gasteiger partial charge is 0.482 e. The van der Waals surface area contributed by atoms with E-state index in [0.29, 0.717) is 5.75 Å². The van der Waals surface area contributed by atoms with Gasteiger partial charge in [0, 0.05) is 5.69 Å². The summed E-state index contributed by atoms with van der Waals surface area (Å²) >= 11 is 0. The standard InChI is InChI=1S/C23H29NO4/c1-16(2)19-8-6-7-9-20(19)24-21(25)14-28-22(26)15-27-18-12-10-17(11-13-18)23(3,4)5/h6-13,16H,14-15H2,1-5H3,(H,24,25). The number of carbonyl (C=O) groups excluding carboxylic acids is 2. The maximum Gasteiger partial charge on any atom is 0.344 e. The van der Waals surface area contributed by atoms with E-state index in [1.165, 1.54) is 5.56 Å². The third kappa shape index (κ3) is 6.41. The lowest BCUT2D eigenvalue weighted by Gasteiger charge is -2.19. The normalized spacial score (nSPS) is 11.2. The summed E-state index contributed by atoms with van der Waals surface area (Å²) in [6, 6.07) is 15.2. The number of amides is 1. The van der Waals surface area contributed by atoms with Crippen LogP contribution in [0.25, 0.3) is 0 Å². The lowest BCUT2D eigenvalue weighted by atomic mass is 9.87. The van der Waals surface area contributed by atoms with E-state index in [-0.39, 0.29) is 30.5 Å². The molecule has 2 aromatic rings. The summed E-state index contributed by atoms with van der Waals surface area (Å²) in [7, 11) is 0. The van der Waals surface area contributed by atoms with Gasteiger partial charge >= 0.3 is 5.97 Å². The number of para-hydroxylation sites is 1. The average Bonchev–Trinajstić information content (AvgIpc) is 2.64. The van der Waals surface area contributed by atoms with Crippen molar-refractivity contribution in [3.8, 4) is 5.75 Å². The molecule has 0 aromatic heterocycles. The van der Waals surface area contributed by atoms with Crippen molar-refractivity contribution in [3.05, 3.63) is 59.7 Å².